The van der Waals surface area contributed by atoms with Crippen LogP contribution in [0.15, 0.2) is 17.3 Å². The lowest BCUT2D eigenvalue weighted by atomic mass is 10.1. The largest absolute Gasteiger partial charge is 0.291 e. The maximum Gasteiger partial charge on any atom is 0.0840 e. The van der Waals surface area contributed by atoms with Crippen LogP contribution in [-0.4, -0.2) is 17.7 Å². The summed E-state index contributed by atoms with van der Waals surface area (Å²) in [5.41, 5.74) is 3.61. The Morgan fingerprint density at radius 1 is 1.45 bits per heavy atom. The van der Waals surface area contributed by atoms with Crippen molar-refractivity contribution in [3.63, 3.8) is 0 Å². The fraction of sp³-hybridized carbons (Fsp3) is 0.333. The van der Waals surface area contributed by atoms with Crippen LogP contribution in [0.5, 0.6) is 0 Å². The van der Waals surface area contributed by atoms with E-state index in [0.29, 0.717) is 0 Å². The molecule has 0 atom stereocenters. The van der Waals surface area contributed by atoms with Crippen LogP contribution < -0.4 is 0 Å². The number of fused-ring (bicyclic) bond motifs is 1. The van der Waals surface area contributed by atoms with Gasteiger partial charge in [0.05, 0.1) is 5.69 Å². The van der Waals surface area contributed by atoms with E-state index in [1.165, 1.54) is 11.1 Å². The van der Waals surface area contributed by atoms with E-state index in [9.17, 15) is 0 Å². The van der Waals surface area contributed by atoms with Crippen molar-refractivity contribution in [3.05, 3.63) is 29.1 Å². The van der Waals surface area contributed by atoms with E-state index < -0.39 is 0 Å². The summed E-state index contributed by atoms with van der Waals surface area (Å²) in [6.45, 7) is 2.98. The summed E-state index contributed by atoms with van der Waals surface area (Å²) >= 11 is 0. The molecule has 0 fully saturated rings. The number of aryl methyl sites for hydroxylation is 1. The predicted octanol–water partition coefficient (Wildman–Crippen LogP) is 1.37. The Labute approximate surface area is 66.0 Å². The fourth-order valence-electron chi connectivity index (χ4n) is 1.29. The van der Waals surface area contributed by atoms with Gasteiger partial charge in [-0.25, -0.2) is 0 Å². The zero-order valence-electron chi connectivity index (χ0n) is 6.54. The van der Waals surface area contributed by atoms with Gasteiger partial charge in [-0.1, -0.05) is 6.07 Å². The van der Waals surface area contributed by atoms with Gasteiger partial charge in [0.2, 0.25) is 0 Å². The quantitative estimate of drug-likeness (QED) is 0.542. The van der Waals surface area contributed by atoms with E-state index in [2.05, 4.69) is 23.0 Å². The minimum absolute atomic E-state index is 0.915. The SMILES string of the molecule is Cc1cnc2c(c1)CCN=C2. The van der Waals surface area contributed by atoms with Gasteiger partial charge < -0.3 is 0 Å². The molecule has 1 aliphatic rings. The van der Waals surface area contributed by atoms with E-state index in [0.717, 1.165) is 18.7 Å². The van der Waals surface area contributed by atoms with E-state index in [-0.39, 0.29) is 0 Å². The Bertz CT molecular complexity index is 302. The Balaban J connectivity index is 2.53. The molecule has 0 unspecified atom stereocenters. The van der Waals surface area contributed by atoms with Crippen LogP contribution in [-0.2, 0) is 6.42 Å². The predicted molar refractivity (Wildman–Crippen MR) is 45.1 cm³/mol. The molecule has 0 N–H and O–H groups in total. The Morgan fingerprint density at radius 3 is 3.27 bits per heavy atom. The van der Waals surface area contributed by atoms with Crippen molar-refractivity contribution in [3.8, 4) is 0 Å². The maximum absolute atomic E-state index is 4.27. The first kappa shape index (κ1) is 6.53. The summed E-state index contributed by atoms with van der Waals surface area (Å²) in [6, 6.07) is 2.19. The summed E-state index contributed by atoms with van der Waals surface area (Å²) < 4.78 is 0. The van der Waals surface area contributed by atoms with Gasteiger partial charge in [-0.3, -0.25) is 9.98 Å². The maximum atomic E-state index is 4.27. The minimum atomic E-state index is 0.915. The lowest BCUT2D eigenvalue weighted by Crippen LogP contribution is -2.05. The van der Waals surface area contributed by atoms with E-state index in [1.807, 2.05) is 12.4 Å². The average Bonchev–Trinajstić information content (AvgIpc) is 2.04. The summed E-state index contributed by atoms with van der Waals surface area (Å²) in [5, 5.41) is 0. The molecule has 0 aliphatic carbocycles. The second-order valence-corrected chi connectivity index (χ2v) is 2.84. The highest BCUT2D eigenvalue weighted by Crippen LogP contribution is 2.10. The molecule has 2 heterocycles. The molecule has 2 nitrogen and oxygen atoms in total. The van der Waals surface area contributed by atoms with Crippen molar-refractivity contribution < 1.29 is 0 Å². The Kier molecular flexibility index (Phi) is 1.46. The van der Waals surface area contributed by atoms with E-state index in [4.69, 9.17) is 0 Å². The first-order chi connectivity index (χ1) is 5.36. The molecule has 11 heavy (non-hydrogen) atoms. The van der Waals surface area contributed by atoms with Crippen molar-refractivity contribution in [2.45, 2.75) is 13.3 Å². The smallest absolute Gasteiger partial charge is 0.0840 e. The molecule has 0 bridgehead atoms. The van der Waals surface area contributed by atoms with Gasteiger partial charge in [-0.2, -0.15) is 0 Å². The number of nitrogens with zero attached hydrogens (tertiary/aromatic N) is 2. The number of hydrogen-bond donors (Lipinski definition) is 0. The van der Waals surface area contributed by atoms with Crippen LogP contribution in [0.4, 0.5) is 0 Å². The van der Waals surface area contributed by atoms with E-state index >= 15 is 0 Å². The highest BCUT2D eigenvalue weighted by atomic mass is 14.8. The second-order valence-electron chi connectivity index (χ2n) is 2.84. The van der Waals surface area contributed by atoms with Gasteiger partial charge in [0.15, 0.2) is 0 Å². The van der Waals surface area contributed by atoms with Gasteiger partial charge >= 0.3 is 0 Å². The lowest BCUT2D eigenvalue weighted by molar-refractivity contribution is 0.931. The van der Waals surface area contributed by atoms with Crippen molar-refractivity contribution in [2.24, 2.45) is 4.99 Å². The molecule has 1 aliphatic heterocycles. The number of rotatable bonds is 0. The standard InChI is InChI=1S/C9H10N2/c1-7-4-8-2-3-10-6-9(8)11-5-7/h4-6H,2-3H2,1H3. The first-order valence-corrected chi connectivity index (χ1v) is 3.81. The number of aromatic nitrogens is 1. The molecular formula is C9H10N2. The molecule has 0 saturated heterocycles. The van der Waals surface area contributed by atoms with Crippen molar-refractivity contribution in [2.75, 3.05) is 6.54 Å². The van der Waals surface area contributed by atoms with Crippen LogP contribution in [0, 0.1) is 6.92 Å². The second kappa shape index (κ2) is 2.46. The topological polar surface area (TPSA) is 25.2 Å². The molecule has 2 rings (SSSR count). The average molecular weight is 146 g/mol. The molecule has 0 saturated carbocycles. The minimum Gasteiger partial charge on any atom is -0.291 e. The molecule has 0 radical (unpaired) electrons. The van der Waals surface area contributed by atoms with Crippen LogP contribution in [0.1, 0.15) is 16.8 Å². The van der Waals surface area contributed by atoms with Gasteiger partial charge in [0, 0.05) is 19.0 Å². The normalized spacial score (nSPS) is 14.6. The number of pyridine rings is 1. The van der Waals surface area contributed by atoms with Crippen LogP contribution in [0.25, 0.3) is 0 Å². The first-order valence-electron chi connectivity index (χ1n) is 3.81. The lowest BCUT2D eigenvalue weighted by Gasteiger charge is -2.08. The summed E-state index contributed by atoms with van der Waals surface area (Å²) in [7, 11) is 0. The fourth-order valence-corrected chi connectivity index (χ4v) is 1.29. The van der Waals surface area contributed by atoms with Crippen molar-refractivity contribution in [1.29, 1.82) is 0 Å². The summed E-state index contributed by atoms with van der Waals surface area (Å²) in [4.78, 5) is 8.43. The Hall–Kier alpha value is -1.18. The van der Waals surface area contributed by atoms with Gasteiger partial charge in [0.25, 0.3) is 0 Å². The number of hydrogen-bond acceptors (Lipinski definition) is 2. The molecule has 2 heteroatoms. The van der Waals surface area contributed by atoms with Gasteiger partial charge in [-0.15, -0.1) is 0 Å². The van der Waals surface area contributed by atoms with Crippen LogP contribution in [0.3, 0.4) is 0 Å². The third-order valence-corrected chi connectivity index (χ3v) is 1.86. The van der Waals surface area contributed by atoms with Crippen molar-refractivity contribution in [1.82, 2.24) is 4.98 Å². The summed E-state index contributed by atoms with van der Waals surface area (Å²) in [6.07, 6.45) is 4.79. The molecule has 0 aromatic carbocycles. The summed E-state index contributed by atoms with van der Waals surface area (Å²) in [5.74, 6) is 0. The molecule has 1 aromatic rings. The highest BCUT2D eigenvalue weighted by molar-refractivity contribution is 5.80. The Morgan fingerprint density at radius 2 is 2.36 bits per heavy atom. The third-order valence-electron chi connectivity index (χ3n) is 1.86. The van der Waals surface area contributed by atoms with E-state index in [1.54, 1.807) is 0 Å². The van der Waals surface area contributed by atoms with Gasteiger partial charge in [-0.05, 0) is 24.5 Å². The molecule has 1 aromatic heterocycles. The monoisotopic (exact) mass is 146 g/mol. The molecular weight excluding hydrogens is 136 g/mol. The van der Waals surface area contributed by atoms with Crippen LogP contribution >= 0.6 is 0 Å². The van der Waals surface area contributed by atoms with Crippen LogP contribution in [0.2, 0.25) is 0 Å². The highest BCUT2D eigenvalue weighted by Gasteiger charge is 2.04. The van der Waals surface area contributed by atoms with Crippen molar-refractivity contribution >= 4 is 6.21 Å². The molecule has 0 spiro atoms. The third kappa shape index (κ3) is 1.16. The zero-order chi connectivity index (χ0) is 7.68. The van der Waals surface area contributed by atoms with Gasteiger partial charge in [0.1, 0.15) is 0 Å². The zero-order valence-corrected chi connectivity index (χ0v) is 6.54. The number of aliphatic imine (C=N–C) groups is 1. The molecule has 56 valence electrons. The molecule has 0 amide bonds.